The van der Waals surface area contributed by atoms with Crippen LogP contribution in [0.4, 0.5) is 0 Å². The zero-order chi connectivity index (χ0) is 16.7. The lowest BCUT2D eigenvalue weighted by molar-refractivity contribution is 0.445. The Bertz CT molecular complexity index is 937. The number of rotatable bonds is 4. The first-order chi connectivity index (χ1) is 10.3. The molecule has 0 saturated carbocycles. The number of nitrogens with zero attached hydrogens (tertiary/aromatic N) is 3. The second kappa shape index (κ2) is 5.69. The molecule has 1 heterocycles. The van der Waals surface area contributed by atoms with Crippen LogP contribution in [0.25, 0.3) is 11.0 Å². The summed E-state index contributed by atoms with van der Waals surface area (Å²) in [5, 5.41) is 0. The standard InChI is InChI=1S/C14H19N3O4S/c1-5-17(6-2)22(20,21)10-7-8-11-12(9-10)16(4)14(19)13(18)15(11)3/h7-9H,5-6H2,1-4H3. The highest BCUT2D eigenvalue weighted by Crippen LogP contribution is 2.20. The van der Waals surface area contributed by atoms with Gasteiger partial charge in [-0.25, -0.2) is 8.42 Å². The lowest BCUT2D eigenvalue weighted by atomic mass is 10.3. The van der Waals surface area contributed by atoms with Crippen molar-refractivity contribution < 1.29 is 8.42 Å². The van der Waals surface area contributed by atoms with Crippen LogP contribution >= 0.6 is 0 Å². The Labute approximate surface area is 128 Å². The van der Waals surface area contributed by atoms with Crippen LogP contribution in [0, 0.1) is 0 Å². The van der Waals surface area contributed by atoms with Crippen molar-refractivity contribution in [2.75, 3.05) is 13.1 Å². The van der Waals surface area contributed by atoms with E-state index in [1.165, 1.54) is 39.7 Å². The van der Waals surface area contributed by atoms with E-state index in [2.05, 4.69) is 0 Å². The van der Waals surface area contributed by atoms with Gasteiger partial charge in [0, 0.05) is 27.2 Å². The van der Waals surface area contributed by atoms with Gasteiger partial charge in [-0.1, -0.05) is 13.8 Å². The van der Waals surface area contributed by atoms with E-state index in [1.807, 2.05) is 0 Å². The third-order valence-electron chi connectivity index (χ3n) is 3.81. The number of fused-ring (bicyclic) bond motifs is 1. The van der Waals surface area contributed by atoms with Crippen molar-refractivity contribution in [3.8, 4) is 0 Å². The molecule has 0 aliphatic heterocycles. The summed E-state index contributed by atoms with van der Waals surface area (Å²) < 4.78 is 28.9. The van der Waals surface area contributed by atoms with Gasteiger partial charge in [-0.05, 0) is 18.2 Å². The zero-order valence-corrected chi connectivity index (χ0v) is 13.8. The molecule has 0 unspecified atom stereocenters. The summed E-state index contributed by atoms with van der Waals surface area (Å²) in [4.78, 5) is 23.8. The van der Waals surface area contributed by atoms with E-state index < -0.39 is 21.1 Å². The van der Waals surface area contributed by atoms with Gasteiger partial charge in [0.25, 0.3) is 0 Å². The number of sulfonamides is 1. The summed E-state index contributed by atoms with van der Waals surface area (Å²) in [6.07, 6.45) is 0. The highest BCUT2D eigenvalue weighted by molar-refractivity contribution is 7.89. The molecule has 0 saturated heterocycles. The Morgan fingerprint density at radius 3 is 1.95 bits per heavy atom. The fraction of sp³-hybridized carbons (Fsp3) is 0.429. The van der Waals surface area contributed by atoms with E-state index >= 15 is 0 Å². The number of aromatic nitrogens is 2. The summed E-state index contributed by atoms with van der Waals surface area (Å²) >= 11 is 0. The van der Waals surface area contributed by atoms with E-state index in [1.54, 1.807) is 19.9 Å². The molecule has 0 aliphatic carbocycles. The van der Waals surface area contributed by atoms with Crippen molar-refractivity contribution in [2.45, 2.75) is 18.7 Å². The van der Waals surface area contributed by atoms with Gasteiger partial charge in [0.2, 0.25) is 10.0 Å². The van der Waals surface area contributed by atoms with Crippen molar-refractivity contribution in [1.29, 1.82) is 0 Å². The predicted molar refractivity (Wildman–Crippen MR) is 84.5 cm³/mol. The molecule has 0 radical (unpaired) electrons. The highest BCUT2D eigenvalue weighted by atomic mass is 32.2. The highest BCUT2D eigenvalue weighted by Gasteiger charge is 2.22. The summed E-state index contributed by atoms with van der Waals surface area (Å²) in [5.41, 5.74) is -0.423. The minimum absolute atomic E-state index is 0.109. The lowest BCUT2D eigenvalue weighted by Gasteiger charge is -2.19. The first-order valence-corrected chi connectivity index (χ1v) is 8.39. The van der Waals surface area contributed by atoms with E-state index in [0.29, 0.717) is 24.1 Å². The molecule has 0 spiro atoms. The zero-order valence-electron chi connectivity index (χ0n) is 13.0. The molecular weight excluding hydrogens is 306 g/mol. The molecule has 2 rings (SSSR count). The predicted octanol–water partition coefficient (Wildman–Crippen LogP) is 0.268. The van der Waals surface area contributed by atoms with Crippen molar-refractivity contribution in [1.82, 2.24) is 13.4 Å². The van der Waals surface area contributed by atoms with Gasteiger partial charge < -0.3 is 9.13 Å². The second-order valence-electron chi connectivity index (χ2n) is 4.97. The normalized spacial score (nSPS) is 12.2. The van der Waals surface area contributed by atoms with Gasteiger partial charge >= 0.3 is 11.1 Å². The van der Waals surface area contributed by atoms with Gasteiger partial charge in [0.05, 0.1) is 15.9 Å². The molecule has 0 atom stereocenters. The third kappa shape index (κ3) is 2.38. The van der Waals surface area contributed by atoms with Gasteiger partial charge in [0.1, 0.15) is 0 Å². The molecular formula is C14H19N3O4S. The number of hydrogen-bond acceptors (Lipinski definition) is 4. The summed E-state index contributed by atoms with van der Waals surface area (Å²) in [6.45, 7) is 4.26. The average Bonchev–Trinajstić information content (AvgIpc) is 2.51. The van der Waals surface area contributed by atoms with E-state index in [0.717, 1.165) is 0 Å². The molecule has 2 aromatic rings. The fourth-order valence-electron chi connectivity index (χ4n) is 2.43. The summed E-state index contributed by atoms with van der Waals surface area (Å²) in [7, 11) is -0.666. The number of aryl methyl sites for hydroxylation is 2. The first kappa shape index (κ1) is 16.4. The maximum absolute atomic E-state index is 12.6. The molecule has 120 valence electrons. The van der Waals surface area contributed by atoms with Crippen molar-refractivity contribution >= 4 is 21.1 Å². The topological polar surface area (TPSA) is 81.4 Å². The summed E-state index contributed by atoms with van der Waals surface area (Å²) in [6, 6.07) is 4.44. The third-order valence-corrected chi connectivity index (χ3v) is 5.85. The molecule has 0 amide bonds. The van der Waals surface area contributed by atoms with Crippen molar-refractivity contribution in [3.63, 3.8) is 0 Å². The monoisotopic (exact) mass is 325 g/mol. The van der Waals surface area contributed by atoms with E-state index in [4.69, 9.17) is 0 Å². The van der Waals surface area contributed by atoms with Crippen LogP contribution in [0.5, 0.6) is 0 Å². The molecule has 1 aromatic carbocycles. The van der Waals surface area contributed by atoms with Crippen LogP contribution < -0.4 is 11.1 Å². The minimum atomic E-state index is -3.61. The van der Waals surface area contributed by atoms with Crippen LogP contribution in [0.1, 0.15) is 13.8 Å². The first-order valence-electron chi connectivity index (χ1n) is 6.95. The van der Waals surface area contributed by atoms with Crippen LogP contribution in [-0.4, -0.2) is 34.9 Å². The van der Waals surface area contributed by atoms with E-state index in [-0.39, 0.29) is 4.90 Å². The van der Waals surface area contributed by atoms with Crippen LogP contribution in [-0.2, 0) is 24.1 Å². The molecule has 0 N–H and O–H groups in total. The maximum Gasteiger partial charge on any atom is 0.316 e. The smallest absolute Gasteiger partial charge is 0.305 e. The van der Waals surface area contributed by atoms with Crippen molar-refractivity contribution in [3.05, 3.63) is 38.9 Å². The largest absolute Gasteiger partial charge is 0.316 e. The minimum Gasteiger partial charge on any atom is -0.305 e. The van der Waals surface area contributed by atoms with Crippen molar-refractivity contribution in [2.24, 2.45) is 14.1 Å². The average molecular weight is 325 g/mol. The number of benzene rings is 1. The molecule has 1 aromatic heterocycles. The Morgan fingerprint density at radius 2 is 1.45 bits per heavy atom. The Morgan fingerprint density at radius 1 is 0.955 bits per heavy atom. The Kier molecular flexibility index (Phi) is 4.25. The molecule has 7 nitrogen and oxygen atoms in total. The fourth-order valence-corrected chi connectivity index (χ4v) is 3.91. The quantitative estimate of drug-likeness (QED) is 0.756. The summed E-state index contributed by atoms with van der Waals surface area (Å²) in [5.74, 6) is 0. The Hall–Kier alpha value is -1.93. The van der Waals surface area contributed by atoms with Gasteiger partial charge in [-0.2, -0.15) is 4.31 Å². The van der Waals surface area contributed by atoms with Gasteiger partial charge in [0.15, 0.2) is 0 Å². The Balaban J connectivity index is 2.82. The molecule has 0 fully saturated rings. The number of hydrogen-bond donors (Lipinski definition) is 0. The SMILES string of the molecule is CCN(CC)S(=O)(=O)c1ccc2c(c1)n(C)c(=O)c(=O)n2C. The lowest BCUT2D eigenvalue weighted by Crippen LogP contribution is -2.39. The molecule has 0 aliphatic rings. The molecule has 22 heavy (non-hydrogen) atoms. The van der Waals surface area contributed by atoms with E-state index in [9.17, 15) is 18.0 Å². The second-order valence-corrected chi connectivity index (χ2v) is 6.91. The molecule has 8 heteroatoms. The molecule has 0 bridgehead atoms. The van der Waals surface area contributed by atoms with Crippen LogP contribution in [0.2, 0.25) is 0 Å². The van der Waals surface area contributed by atoms with Crippen LogP contribution in [0.3, 0.4) is 0 Å². The van der Waals surface area contributed by atoms with Gasteiger partial charge in [-0.15, -0.1) is 0 Å². The van der Waals surface area contributed by atoms with Gasteiger partial charge in [-0.3, -0.25) is 9.59 Å². The maximum atomic E-state index is 12.6. The van der Waals surface area contributed by atoms with Crippen LogP contribution in [0.15, 0.2) is 32.7 Å².